The Morgan fingerprint density at radius 2 is 1.31 bits per heavy atom. The standard InChI is InChI=1S/C43H50N6O4S/c1-29-44-35-28-54-38(41(35)45-29)13-5-6-14-39(50)48-25-7-11-36(48)42(52)46-33-21-17-30(18-22-33)15-16-31-19-23-34(24-20-31)47-43(53)37-12-8-26-49(37)40(51)27-32-9-3-2-4-10-32/h2-4,9-10,15-24,35-38,41,44-45H,1,5-8,11-14,25-28H2,(H,46,52)(H,47,53)/b16-15+/t35-,36-,37-,38-,41-/m0/s1. The average molecular weight is 747 g/mol. The number of unbranched alkanes of at least 4 members (excludes halogenated alkanes) is 1. The maximum Gasteiger partial charge on any atom is 0.247 e. The third-order valence-corrected chi connectivity index (χ3v) is 12.4. The Bertz CT molecular complexity index is 1850. The smallest absolute Gasteiger partial charge is 0.247 e. The zero-order valence-electron chi connectivity index (χ0n) is 30.7. The first-order valence-electron chi connectivity index (χ1n) is 19.3. The van der Waals surface area contributed by atoms with E-state index in [0.717, 1.165) is 60.4 Å². The number of hydrogen-bond acceptors (Lipinski definition) is 7. The molecule has 282 valence electrons. The summed E-state index contributed by atoms with van der Waals surface area (Å²) in [6, 6.07) is 24.9. The number of rotatable bonds is 13. The summed E-state index contributed by atoms with van der Waals surface area (Å²) in [6.07, 6.45) is 10.6. The van der Waals surface area contributed by atoms with Crippen LogP contribution in [0.4, 0.5) is 11.4 Å². The van der Waals surface area contributed by atoms with Crippen molar-refractivity contribution >= 4 is 58.9 Å². The van der Waals surface area contributed by atoms with Crippen molar-refractivity contribution in [1.29, 1.82) is 0 Å². The van der Waals surface area contributed by atoms with E-state index in [1.807, 2.05) is 103 Å². The molecular weight excluding hydrogens is 697 g/mol. The molecule has 4 fully saturated rings. The maximum absolute atomic E-state index is 13.3. The fourth-order valence-corrected chi connectivity index (χ4v) is 9.60. The second-order valence-corrected chi connectivity index (χ2v) is 16.0. The minimum absolute atomic E-state index is 0.0251. The molecule has 0 bridgehead atoms. The molecule has 5 atom stereocenters. The van der Waals surface area contributed by atoms with Crippen molar-refractivity contribution in [2.45, 2.75) is 87.2 Å². The molecule has 54 heavy (non-hydrogen) atoms. The number of benzene rings is 3. The quantitative estimate of drug-likeness (QED) is 0.124. The van der Waals surface area contributed by atoms with Gasteiger partial charge in [-0.3, -0.25) is 19.2 Å². The SMILES string of the molecule is C=C1N[C@H]2[C@H](CS[C@H]2CCCCC(=O)N2CCC[C@H]2C(=O)Nc2ccc(/C=C/c3ccc(NC(=O)[C@@H]4CCCN4C(=O)Cc4ccccc4)cc3)cc2)N1. The fourth-order valence-electron chi connectivity index (χ4n) is 8.06. The molecule has 11 heteroatoms. The van der Waals surface area contributed by atoms with Gasteiger partial charge >= 0.3 is 0 Å². The molecule has 3 aromatic rings. The van der Waals surface area contributed by atoms with E-state index < -0.39 is 12.1 Å². The lowest BCUT2D eigenvalue weighted by molar-refractivity contribution is -0.136. The summed E-state index contributed by atoms with van der Waals surface area (Å²) in [4.78, 5) is 56.0. The monoisotopic (exact) mass is 746 g/mol. The van der Waals surface area contributed by atoms with Gasteiger partial charge < -0.3 is 31.1 Å². The Morgan fingerprint density at radius 1 is 0.741 bits per heavy atom. The zero-order valence-corrected chi connectivity index (χ0v) is 31.5. The van der Waals surface area contributed by atoms with Gasteiger partial charge in [-0.05, 0) is 79.5 Å². The first kappa shape index (κ1) is 37.3. The number of likely N-dealkylation sites (tertiary alicyclic amines) is 2. The highest BCUT2D eigenvalue weighted by Crippen LogP contribution is 2.34. The van der Waals surface area contributed by atoms with E-state index in [1.165, 1.54) is 0 Å². The van der Waals surface area contributed by atoms with E-state index in [2.05, 4.69) is 27.8 Å². The Balaban J connectivity index is 0.839. The molecule has 4 aliphatic rings. The second-order valence-electron chi connectivity index (χ2n) is 14.7. The minimum atomic E-state index is -0.466. The lowest BCUT2D eigenvalue weighted by atomic mass is 10.0. The Hall–Kier alpha value is -5.03. The number of carbonyl (C=O) groups is 4. The molecule has 4 N–H and O–H groups in total. The van der Waals surface area contributed by atoms with E-state index in [-0.39, 0.29) is 23.6 Å². The molecule has 0 unspecified atom stereocenters. The summed E-state index contributed by atoms with van der Waals surface area (Å²) in [5.41, 5.74) is 4.27. The van der Waals surface area contributed by atoms with Crippen molar-refractivity contribution in [2.75, 3.05) is 29.5 Å². The molecule has 0 radical (unpaired) electrons. The molecule has 0 aliphatic carbocycles. The molecule has 4 aliphatic heterocycles. The summed E-state index contributed by atoms with van der Waals surface area (Å²) in [7, 11) is 0. The molecule has 0 saturated carbocycles. The molecular formula is C43H50N6O4S. The third kappa shape index (κ3) is 9.18. The lowest BCUT2D eigenvalue weighted by Crippen LogP contribution is -2.43. The number of nitrogens with one attached hydrogen (secondary N) is 4. The summed E-state index contributed by atoms with van der Waals surface area (Å²) < 4.78 is 0. The van der Waals surface area contributed by atoms with Gasteiger partial charge in [-0.2, -0.15) is 11.8 Å². The number of anilines is 2. The van der Waals surface area contributed by atoms with Crippen LogP contribution in [0.25, 0.3) is 12.2 Å². The van der Waals surface area contributed by atoms with Crippen molar-refractivity contribution in [1.82, 2.24) is 20.4 Å². The van der Waals surface area contributed by atoms with E-state index >= 15 is 0 Å². The minimum Gasteiger partial charge on any atom is -0.367 e. The van der Waals surface area contributed by atoms with Gasteiger partial charge in [0.15, 0.2) is 0 Å². The van der Waals surface area contributed by atoms with Gasteiger partial charge in [-0.25, -0.2) is 0 Å². The van der Waals surface area contributed by atoms with Crippen LogP contribution >= 0.6 is 11.8 Å². The van der Waals surface area contributed by atoms with Gasteiger partial charge in [-0.15, -0.1) is 0 Å². The van der Waals surface area contributed by atoms with Gasteiger partial charge in [0.1, 0.15) is 12.1 Å². The summed E-state index contributed by atoms with van der Waals surface area (Å²) in [5.74, 6) is 1.76. The third-order valence-electron chi connectivity index (χ3n) is 10.9. The van der Waals surface area contributed by atoms with Gasteiger partial charge in [-0.1, -0.05) is 79.7 Å². The second kappa shape index (κ2) is 17.4. The number of carbonyl (C=O) groups excluding carboxylic acids is 4. The lowest BCUT2D eigenvalue weighted by Gasteiger charge is -2.24. The molecule has 0 spiro atoms. The number of nitrogens with zero attached hydrogens (tertiary/aromatic N) is 2. The fraction of sp³-hybridized carbons (Fsp3) is 0.395. The van der Waals surface area contributed by atoms with Gasteiger partial charge in [0, 0.05) is 41.9 Å². The zero-order chi connectivity index (χ0) is 37.4. The number of hydrogen-bond donors (Lipinski definition) is 4. The van der Waals surface area contributed by atoms with Crippen LogP contribution in [-0.2, 0) is 25.6 Å². The first-order valence-corrected chi connectivity index (χ1v) is 20.3. The Kier molecular flexibility index (Phi) is 12.0. The van der Waals surface area contributed by atoms with Crippen LogP contribution < -0.4 is 21.3 Å². The van der Waals surface area contributed by atoms with Crippen molar-refractivity contribution in [3.8, 4) is 0 Å². The summed E-state index contributed by atoms with van der Waals surface area (Å²) >= 11 is 2.00. The Labute approximate surface area is 322 Å². The molecule has 4 amide bonds. The maximum atomic E-state index is 13.3. The van der Waals surface area contributed by atoms with Gasteiger partial charge in [0.05, 0.1) is 24.3 Å². The van der Waals surface area contributed by atoms with Crippen LogP contribution in [0.3, 0.4) is 0 Å². The van der Waals surface area contributed by atoms with Crippen LogP contribution in [0, 0.1) is 0 Å². The highest BCUT2D eigenvalue weighted by Gasteiger charge is 2.41. The predicted molar refractivity (Wildman–Crippen MR) is 216 cm³/mol. The topological polar surface area (TPSA) is 123 Å². The van der Waals surface area contributed by atoms with Gasteiger partial charge in [0.25, 0.3) is 0 Å². The first-order chi connectivity index (χ1) is 26.3. The summed E-state index contributed by atoms with van der Waals surface area (Å²) in [6.45, 7) is 5.22. The van der Waals surface area contributed by atoms with Gasteiger partial charge in [0.2, 0.25) is 23.6 Å². The Morgan fingerprint density at radius 3 is 1.91 bits per heavy atom. The molecule has 4 heterocycles. The number of fused-ring (bicyclic) bond motifs is 1. The van der Waals surface area contributed by atoms with E-state index in [1.54, 1.807) is 9.80 Å². The normalized spacial score (nSPS) is 23.3. The number of thioether (sulfide) groups is 1. The molecule has 3 aromatic carbocycles. The molecule has 10 nitrogen and oxygen atoms in total. The van der Waals surface area contributed by atoms with E-state index in [0.29, 0.717) is 67.5 Å². The van der Waals surface area contributed by atoms with E-state index in [9.17, 15) is 19.2 Å². The van der Waals surface area contributed by atoms with Crippen molar-refractivity contribution in [3.63, 3.8) is 0 Å². The molecule has 4 saturated heterocycles. The highest BCUT2D eigenvalue weighted by atomic mass is 32.2. The van der Waals surface area contributed by atoms with Crippen LogP contribution in [0.2, 0.25) is 0 Å². The summed E-state index contributed by atoms with van der Waals surface area (Å²) in [5, 5.41) is 13.4. The van der Waals surface area contributed by atoms with E-state index in [4.69, 9.17) is 0 Å². The molecule has 0 aromatic heterocycles. The van der Waals surface area contributed by atoms with Crippen LogP contribution in [0.1, 0.15) is 68.1 Å². The number of amides is 4. The van der Waals surface area contributed by atoms with Crippen LogP contribution in [-0.4, -0.2) is 81.7 Å². The molecule has 7 rings (SSSR count). The van der Waals surface area contributed by atoms with Crippen LogP contribution in [0.15, 0.2) is 91.3 Å². The predicted octanol–water partition coefficient (Wildman–Crippen LogP) is 6.04. The van der Waals surface area contributed by atoms with Crippen molar-refractivity contribution in [2.24, 2.45) is 0 Å². The highest BCUT2D eigenvalue weighted by molar-refractivity contribution is 8.00. The van der Waals surface area contributed by atoms with Crippen molar-refractivity contribution in [3.05, 3.63) is 108 Å². The van der Waals surface area contributed by atoms with Crippen molar-refractivity contribution < 1.29 is 19.2 Å². The van der Waals surface area contributed by atoms with Crippen LogP contribution in [0.5, 0.6) is 0 Å². The largest absolute Gasteiger partial charge is 0.367 e. The average Bonchev–Trinajstić information content (AvgIpc) is 4.00.